The highest BCUT2D eigenvalue weighted by Gasteiger charge is 2.17. The van der Waals surface area contributed by atoms with Gasteiger partial charge in [0.15, 0.2) is 5.65 Å². The van der Waals surface area contributed by atoms with Crippen LogP contribution in [-0.4, -0.2) is 45.7 Å². The number of halogens is 1. The van der Waals surface area contributed by atoms with Crippen molar-refractivity contribution in [3.8, 4) is 5.88 Å². The van der Waals surface area contributed by atoms with Gasteiger partial charge in [-0.15, -0.1) is 0 Å². The molecule has 0 fully saturated rings. The zero-order valence-electron chi connectivity index (χ0n) is 13.9. The van der Waals surface area contributed by atoms with E-state index in [1.54, 1.807) is 13.1 Å². The Morgan fingerprint density at radius 2 is 2.12 bits per heavy atom. The molecule has 9 nitrogen and oxygen atoms in total. The highest BCUT2D eigenvalue weighted by atomic mass is 19.1. The van der Waals surface area contributed by atoms with E-state index in [4.69, 9.17) is 4.74 Å². The van der Waals surface area contributed by atoms with Crippen LogP contribution in [0.5, 0.6) is 5.88 Å². The smallest absolute Gasteiger partial charge is 0.256 e. The number of nitrogens with one attached hydrogen (secondary N) is 3. The molecule has 0 aromatic carbocycles. The van der Waals surface area contributed by atoms with Gasteiger partial charge in [-0.25, -0.2) is 9.37 Å². The third kappa shape index (κ3) is 2.96. The lowest BCUT2D eigenvalue weighted by Gasteiger charge is -2.12. The van der Waals surface area contributed by atoms with Gasteiger partial charge in [0.25, 0.3) is 5.91 Å². The number of fused-ring (bicyclic) bond motifs is 3. The van der Waals surface area contributed by atoms with Crippen molar-refractivity contribution in [3.05, 3.63) is 35.8 Å². The van der Waals surface area contributed by atoms with Crippen LogP contribution in [0.4, 0.5) is 21.8 Å². The lowest BCUT2D eigenvalue weighted by atomic mass is 10.3. The molecule has 134 valence electrons. The molecular weight excluding hydrogens is 341 g/mol. The molecule has 4 rings (SSSR count). The average Bonchev–Trinajstić information content (AvgIpc) is 3.03. The summed E-state index contributed by atoms with van der Waals surface area (Å²) in [6.45, 7) is 0.697. The van der Waals surface area contributed by atoms with E-state index in [2.05, 4.69) is 31.0 Å². The summed E-state index contributed by atoms with van der Waals surface area (Å²) in [7, 11) is 1.73. The summed E-state index contributed by atoms with van der Waals surface area (Å²) in [5.74, 6) is 0.663. The maximum Gasteiger partial charge on any atom is 0.256 e. The molecule has 1 amide bonds. The van der Waals surface area contributed by atoms with Crippen LogP contribution < -0.4 is 20.7 Å². The number of hydrogen-bond acceptors (Lipinski definition) is 7. The van der Waals surface area contributed by atoms with E-state index in [-0.39, 0.29) is 17.6 Å². The molecule has 0 saturated heterocycles. The van der Waals surface area contributed by atoms with Crippen molar-refractivity contribution in [1.82, 2.24) is 24.9 Å². The van der Waals surface area contributed by atoms with E-state index < -0.39 is 5.82 Å². The molecule has 4 bridgehead atoms. The summed E-state index contributed by atoms with van der Waals surface area (Å²) < 4.78 is 20.8. The number of pyridine rings is 1. The van der Waals surface area contributed by atoms with Gasteiger partial charge in [-0.05, 0) is 6.42 Å². The Kier molecular flexibility index (Phi) is 3.99. The molecule has 0 atom stereocenters. The molecule has 0 aliphatic carbocycles. The van der Waals surface area contributed by atoms with Gasteiger partial charge in [0.05, 0.1) is 12.8 Å². The largest absolute Gasteiger partial charge is 0.477 e. The van der Waals surface area contributed by atoms with Crippen molar-refractivity contribution in [2.24, 2.45) is 0 Å². The SMILES string of the molecule is CNc1cc2nc3c(cnn13)C(=O)NCCCOc1cc(F)cc(n1)N2. The molecule has 26 heavy (non-hydrogen) atoms. The second kappa shape index (κ2) is 6.47. The van der Waals surface area contributed by atoms with Gasteiger partial charge in [0.1, 0.15) is 28.8 Å². The van der Waals surface area contributed by atoms with Gasteiger partial charge >= 0.3 is 0 Å². The molecule has 3 aromatic heterocycles. The van der Waals surface area contributed by atoms with E-state index in [9.17, 15) is 9.18 Å². The van der Waals surface area contributed by atoms with Crippen LogP contribution in [0.25, 0.3) is 5.65 Å². The molecule has 1 aliphatic heterocycles. The van der Waals surface area contributed by atoms with Gasteiger partial charge < -0.3 is 20.7 Å². The number of carbonyl (C=O) groups excluding carboxylic acids is 1. The highest BCUT2D eigenvalue weighted by molar-refractivity contribution is 6.00. The van der Waals surface area contributed by atoms with Crippen LogP contribution in [0.2, 0.25) is 0 Å². The molecule has 3 N–H and O–H groups in total. The Morgan fingerprint density at radius 1 is 1.27 bits per heavy atom. The van der Waals surface area contributed by atoms with Crippen molar-refractivity contribution < 1.29 is 13.9 Å². The summed E-state index contributed by atoms with van der Waals surface area (Å²) >= 11 is 0. The van der Waals surface area contributed by atoms with E-state index in [1.165, 1.54) is 22.8 Å². The number of nitrogens with zero attached hydrogens (tertiary/aromatic N) is 4. The van der Waals surface area contributed by atoms with Gasteiger partial charge in [0.2, 0.25) is 5.88 Å². The standard InChI is InChI=1S/C16H16FN7O2/c1-18-13-7-12-21-11-5-9(17)6-14(22-11)26-4-2-3-19-16(25)10-8-20-24(13)15(10)23-12/h5-8,18H,2-4H2,1H3,(H,19,25)(H,21,22,23). The van der Waals surface area contributed by atoms with Crippen LogP contribution in [0, 0.1) is 5.82 Å². The Bertz CT molecular complexity index is 988. The predicted molar refractivity (Wildman–Crippen MR) is 92.5 cm³/mol. The van der Waals surface area contributed by atoms with Crippen LogP contribution in [0.3, 0.4) is 0 Å². The van der Waals surface area contributed by atoms with Crippen LogP contribution in [0.1, 0.15) is 16.8 Å². The third-order valence-electron chi connectivity index (χ3n) is 3.85. The van der Waals surface area contributed by atoms with Gasteiger partial charge in [-0.3, -0.25) is 4.79 Å². The van der Waals surface area contributed by atoms with Crippen molar-refractivity contribution in [2.45, 2.75) is 6.42 Å². The molecule has 4 heterocycles. The molecular formula is C16H16FN7O2. The van der Waals surface area contributed by atoms with E-state index in [0.717, 1.165) is 0 Å². The van der Waals surface area contributed by atoms with Crippen molar-refractivity contribution in [2.75, 3.05) is 30.8 Å². The van der Waals surface area contributed by atoms with Crippen LogP contribution >= 0.6 is 0 Å². The lowest BCUT2D eigenvalue weighted by Crippen LogP contribution is -2.25. The first-order valence-electron chi connectivity index (χ1n) is 8.06. The zero-order valence-corrected chi connectivity index (χ0v) is 13.9. The molecule has 0 radical (unpaired) electrons. The lowest BCUT2D eigenvalue weighted by molar-refractivity contribution is 0.0953. The predicted octanol–water partition coefficient (Wildman–Crippen LogP) is 1.56. The second-order valence-corrected chi connectivity index (χ2v) is 5.66. The quantitative estimate of drug-likeness (QED) is 0.607. The highest BCUT2D eigenvalue weighted by Crippen LogP contribution is 2.23. The molecule has 0 spiro atoms. The Morgan fingerprint density at radius 3 is 2.96 bits per heavy atom. The van der Waals surface area contributed by atoms with Crippen LogP contribution in [0.15, 0.2) is 24.4 Å². The van der Waals surface area contributed by atoms with E-state index in [1.807, 2.05) is 0 Å². The number of ether oxygens (including phenoxy) is 1. The fourth-order valence-electron chi connectivity index (χ4n) is 2.65. The number of aromatic nitrogens is 4. The van der Waals surface area contributed by atoms with Crippen molar-refractivity contribution >= 4 is 29.0 Å². The molecule has 1 aliphatic rings. The monoisotopic (exact) mass is 357 g/mol. The van der Waals surface area contributed by atoms with Crippen molar-refractivity contribution in [1.29, 1.82) is 0 Å². The number of rotatable bonds is 1. The number of amides is 1. The fraction of sp³-hybridized carbons (Fsp3) is 0.250. The third-order valence-corrected chi connectivity index (χ3v) is 3.85. The first kappa shape index (κ1) is 16.1. The summed E-state index contributed by atoms with van der Waals surface area (Å²) in [6.07, 6.45) is 2.01. The maximum absolute atomic E-state index is 13.9. The second-order valence-electron chi connectivity index (χ2n) is 5.66. The number of anilines is 3. The van der Waals surface area contributed by atoms with Gasteiger partial charge in [-0.2, -0.15) is 14.6 Å². The minimum absolute atomic E-state index is 0.163. The normalized spacial score (nSPS) is 14.3. The number of carbonyl (C=O) groups is 1. The maximum atomic E-state index is 13.9. The summed E-state index contributed by atoms with van der Waals surface area (Å²) in [5, 5.41) is 13.0. The van der Waals surface area contributed by atoms with Crippen molar-refractivity contribution in [3.63, 3.8) is 0 Å². The Labute approximate surface area is 147 Å². The van der Waals surface area contributed by atoms with E-state index >= 15 is 0 Å². The first-order valence-corrected chi connectivity index (χ1v) is 8.06. The van der Waals surface area contributed by atoms with E-state index in [0.29, 0.717) is 42.4 Å². The van der Waals surface area contributed by atoms with Crippen LogP contribution in [-0.2, 0) is 0 Å². The average molecular weight is 357 g/mol. The summed E-state index contributed by atoms with van der Waals surface area (Å²) in [4.78, 5) is 21.1. The topological polar surface area (TPSA) is 105 Å². The Balaban J connectivity index is 1.86. The number of hydrogen-bond donors (Lipinski definition) is 3. The molecule has 0 saturated carbocycles. The Hall–Kier alpha value is -3.43. The van der Waals surface area contributed by atoms with Gasteiger partial charge in [-0.1, -0.05) is 0 Å². The van der Waals surface area contributed by atoms with Gasteiger partial charge in [0, 0.05) is 31.8 Å². The molecule has 3 aromatic rings. The first-order chi connectivity index (χ1) is 12.6. The molecule has 10 heteroatoms. The fourth-order valence-corrected chi connectivity index (χ4v) is 2.65. The molecule has 0 unspecified atom stereocenters. The minimum atomic E-state index is -0.474. The summed E-state index contributed by atoms with van der Waals surface area (Å²) in [6, 6.07) is 4.13. The zero-order chi connectivity index (χ0) is 18.1. The summed E-state index contributed by atoms with van der Waals surface area (Å²) in [5.41, 5.74) is 0.720. The minimum Gasteiger partial charge on any atom is -0.477 e.